The van der Waals surface area contributed by atoms with Crippen LogP contribution in [0.25, 0.3) is 6.08 Å². The minimum Gasteiger partial charge on any atom is -0.454 e. The van der Waals surface area contributed by atoms with Crippen molar-refractivity contribution in [3.63, 3.8) is 0 Å². The molecule has 0 N–H and O–H groups in total. The van der Waals surface area contributed by atoms with Gasteiger partial charge in [-0.05, 0) is 30.4 Å². The number of hydrogen-bond acceptors (Lipinski definition) is 5. The Kier molecular flexibility index (Phi) is 3.99. The summed E-state index contributed by atoms with van der Waals surface area (Å²) >= 11 is 5.73. The highest BCUT2D eigenvalue weighted by Gasteiger charge is 2.17. The second kappa shape index (κ2) is 6.10. The summed E-state index contributed by atoms with van der Waals surface area (Å²) in [6.07, 6.45) is 2.90. The van der Waals surface area contributed by atoms with Crippen molar-refractivity contribution in [2.24, 2.45) is 0 Å². The molecular formula is C16H10ClNO5. The van der Waals surface area contributed by atoms with E-state index in [1.165, 1.54) is 18.2 Å². The average molecular weight is 332 g/mol. The molecule has 7 heteroatoms. The number of benzene rings is 2. The Morgan fingerprint density at radius 3 is 2.87 bits per heavy atom. The number of hydrogen-bond donors (Lipinski definition) is 0. The summed E-state index contributed by atoms with van der Waals surface area (Å²) < 4.78 is 10.6. The molecule has 0 fully saturated rings. The Bertz CT molecular complexity index is 831. The molecule has 0 aliphatic carbocycles. The van der Waals surface area contributed by atoms with E-state index in [4.69, 9.17) is 21.1 Å². The van der Waals surface area contributed by atoms with Crippen molar-refractivity contribution in [3.8, 4) is 11.5 Å². The SMILES string of the molecule is O=C(C=Cc1cccc2c1OCO2)c1ccc(Cl)c([N+](=O)[O-])c1. The standard InChI is InChI=1S/C16H10ClNO5/c17-12-6-4-11(8-13(12)18(20)21)14(19)7-5-10-2-1-3-15-16(10)23-9-22-15/h1-8H,9H2. The fourth-order valence-corrected chi connectivity index (χ4v) is 2.34. The molecule has 0 unspecified atom stereocenters. The third kappa shape index (κ3) is 3.02. The topological polar surface area (TPSA) is 78.7 Å². The minimum absolute atomic E-state index is 0.0121. The van der Waals surface area contributed by atoms with Crippen LogP contribution in [0.15, 0.2) is 42.5 Å². The summed E-state index contributed by atoms with van der Waals surface area (Å²) in [5.41, 5.74) is 0.571. The predicted octanol–water partition coefficient (Wildman–Crippen LogP) is 3.87. The van der Waals surface area contributed by atoms with Crippen LogP contribution in [0.5, 0.6) is 11.5 Å². The van der Waals surface area contributed by atoms with Crippen molar-refractivity contribution in [3.05, 3.63) is 68.7 Å². The predicted molar refractivity (Wildman–Crippen MR) is 84.0 cm³/mol. The van der Waals surface area contributed by atoms with E-state index in [2.05, 4.69) is 0 Å². The van der Waals surface area contributed by atoms with E-state index >= 15 is 0 Å². The van der Waals surface area contributed by atoms with Gasteiger partial charge in [0.1, 0.15) is 5.02 Å². The van der Waals surface area contributed by atoms with E-state index in [1.54, 1.807) is 24.3 Å². The van der Waals surface area contributed by atoms with Gasteiger partial charge in [0.2, 0.25) is 6.79 Å². The highest BCUT2D eigenvalue weighted by molar-refractivity contribution is 6.32. The monoisotopic (exact) mass is 331 g/mol. The zero-order valence-electron chi connectivity index (χ0n) is 11.7. The van der Waals surface area contributed by atoms with Gasteiger partial charge in [-0.1, -0.05) is 23.7 Å². The second-order valence-corrected chi connectivity index (χ2v) is 5.11. The van der Waals surface area contributed by atoms with E-state index in [9.17, 15) is 14.9 Å². The number of ether oxygens (including phenoxy) is 2. The average Bonchev–Trinajstić information content (AvgIpc) is 3.01. The minimum atomic E-state index is -0.627. The molecule has 0 aromatic heterocycles. The zero-order valence-corrected chi connectivity index (χ0v) is 12.4. The molecule has 0 atom stereocenters. The molecular weight excluding hydrogens is 322 g/mol. The van der Waals surface area contributed by atoms with Crippen molar-refractivity contribution in [1.29, 1.82) is 0 Å². The number of ketones is 1. The van der Waals surface area contributed by atoms with Crippen LogP contribution in [0.3, 0.4) is 0 Å². The van der Waals surface area contributed by atoms with Crippen LogP contribution in [0.1, 0.15) is 15.9 Å². The Balaban J connectivity index is 1.86. The van der Waals surface area contributed by atoms with Gasteiger partial charge in [-0.2, -0.15) is 0 Å². The molecule has 0 saturated carbocycles. The molecule has 23 heavy (non-hydrogen) atoms. The maximum Gasteiger partial charge on any atom is 0.288 e. The van der Waals surface area contributed by atoms with Crippen LogP contribution >= 0.6 is 11.6 Å². The third-order valence-electron chi connectivity index (χ3n) is 3.27. The van der Waals surface area contributed by atoms with Crippen molar-refractivity contribution in [2.45, 2.75) is 0 Å². The van der Waals surface area contributed by atoms with Gasteiger partial charge in [0.25, 0.3) is 5.69 Å². The van der Waals surface area contributed by atoms with Crippen molar-refractivity contribution in [2.75, 3.05) is 6.79 Å². The van der Waals surface area contributed by atoms with E-state index in [0.717, 1.165) is 6.07 Å². The fourth-order valence-electron chi connectivity index (χ4n) is 2.15. The molecule has 1 aliphatic rings. The quantitative estimate of drug-likeness (QED) is 0.368. The molecule has 6 nitrogen and oxygen atoms in total. The molecule has 2 aromatic rings. The summed E-state index contributed by atoms with van der Waals surface area (Å²) in [5, 5.41) is 10.9. The number of fused-ring (bicyclic) bond motifs is 1. The lowest BCUT2D eigenvalue weighted by molar-refractivity contribution is -0.384. The molecule has 1 heterocycles. The zero-order chi connectivity index (χ0) is 16.4. The van der Waals surface area contributed by atoms with Gasteiger partial charge >= 0.3 is 0 Å². The number of nitro groups is 1. The molecule has 0 saturated heterocycles. The van der Waals surface area contributed by atoms with E-state index in [0.29, 0.717) is 17.1 Å². The molecule has 0 spiro atoms. The van der Waals surface area contributed by atoms with Crippen molar-refractivity contribution < 1.29 is 19.2 Å². The maximum atomic E-state index is 12.2. The molecule has 0 amide bonds. The first-order chi connectivity index (χ1) is 11.1. The van der Waals surface area contributed by atoms with Gasteiger partial charge in [0.15, 0.2) is 17.3 Å². The highest BCUT2D eigenvalue weighted by Crippen LogP contribution is 2.36. The van der Waals surface area contributed by atoms with Gasteiger partial charge in [0, 0.05) is 17.2 Å². The highest BCUT2D eigenvalue weighted by atomic mass is 35.5. The molecule has 3 rings (SSSR count). The van der Waals surface area contributed by atoms with Crippen LogP contribution in [0.2, 0.25) is 5.02 Å². The number of allylic oxidation sites excluding steroid dienone is 1. The largest absolute Gasteiger partial charge is 0.454 e. The van der Waals surface area contributed by atoms with Crippen molar-refractivity contribution >= 4 is 29.1 Å². The Morgan fingerprint density at radius 1 is 1.26 bits per heavy atom. The lowest BCUT2D eigenvalue weighted by Crippen LogP contribution is -1.97. The number of rotatable bonds is 4. The van der Waals surface area contributed by atoms with Gasteiger partial charge in [0.05, 0.1) is 4.92 Å². The first kappa shape index (κ1) is 15.1. The first-order valence-corrected chi connectivity index (χ1v) is 6.99. The molecule has 0 radical (unpaired) electrons. The summed E-state index contributed by atoms with van der Waals surface area (Å²) in [6, 6.07) is 9.26. The van der Waals surface area contributed by atoms with Crippen LogP contribution in [0, 0.1) is 10.1 Å². The Labute approximate surface area is 136 Å². The molecule has 116 valence electrons. The normalized spacial score (nSPS) is 12.6. The summed E-state index contributed by atoms with van der Waals surface area (Å²) in [7, 11) is 0. The molecule has 1 aliphatic heterocycles. The number of nitrogens with zero attached hydrogens (tertiary/aromatic N) is 1. The third-order valence-corrected chi connectivity index (χ3v) is 3.59. The van der Waals surface area contributed by atoms with Crippen LogP contribution in [-0.2, 0) is 0 Å². The second-order valence-electron chi connectivity index (χ2n) is 4.70. The van der Waals surface area contributed by atoms with Crippen LogP contribution < -0.4 is 9.47 Å². The number of nitro benzene ring substituents is 1. The summed E-state index contributed by atoms with van der Waals surface area (Å²) in [4.78, 5) is 22.4. The maximum absolute atomic E-state index is 12.2. The van der Waals surface area contributed by atoms with Gasteiger partial charge < -0.3 is 9.47 Å². The van der Waals surface area contributed by atoms with Gasteiger partial charge in [-0.25, -0.2) is 0 Å². The van der Waals surface area contributed by atoms with E-state index in [-0.39, 0.29) is 28.8 Å². The van der Waals surface area contributed by atoms with Crippen LogP contribution in [-0.4, -0.2) is 17.5 Å². The summed E-state index contributed by atoms with van der Waals surface area (Å²) in [6.45, 7) is 0.136. The smallest absolute Gasteiger partial charge is 0.288 e. The Hall–Kier alpha value is -2.86. The lowest BCUT2D eigenvalue weighted by atomic mass is 10.1. The van der Waals surface area contributed by atoms with Crippen molar-refractivity contribution in [1.82, 2.24) is 0 Å². The fraction of sp³-hybridized carbons (Fsp3) is 0.0625. The van der Waals surface area contributed by atoms with Gasteiger partial charge in [-0.3, -0.25) is 14.9 Å². The number of carbonyl (C=O) groups excluding carboxylic acids is 1. The molecule has 2 aromatic carbocycles. The number of carbonyl (C=O) groups is 1. The first-order valence-electron chi connectivity index (χ1n) is 6.61. The number of halogens is 1. The Morgan fingerprint density at radius 2 is 2.09 bits per heavy atom. The van der Waals surface area contributed by atoms with E-state index < -0.39 is 4.92 Å². The van der Waals surface area contributed by atoms with E-state index in [1.807, 2.05) is 0 Å². The van der Waals surface area contributed by atoms with Crippen LogP contribution in [0.4, 0.5) is 5.69 Å². The lowest BCUT2D eigenvalue weighted by Gasteiger charge is -2.01. The summed E-state index contributed by atoms with van der Waals surface area (Å²) in [5.74, 6) is 0.807. The number of para-hydroxylation sites is 1. The van der Waals surface area contributed by atoms with Gasteiger partial charge in [-0.15, -0.1) is 0 Å². The molecule has 0 bridgehead atoms.